The van der Waals surface area contributed by atoms with Gasteiger partial charge < -0.3 is 11.1 Å². The van der Waals surface area contributed by atoms with E-state index in [4.69, 9.17) is 16.4 Å². The fourth-order valence-corrected chi connectivity index (χ4v) is 2.14. The van der Waals surface area contributed by atoms with Crippen LogP contribution in [0.2, 0.25) is 0 Å². The molecule has 1 amide bonds. The highest BCUT2D eigenvalue weighted by Crippen LogP contribution is 2.18. The predicted octanol–water partition coefficient (Wildman–Crippen LogP) is 2.78. The Morgan fingerprint density at radius 3 is 2.64 bits per heavy atom. The molecule has 2 rings (SSSR count). The molecule has 25 heavy (non-hydrogen) atoms. The summed E-state index contributed by atoms with van der Waals surface area (Å²) in [6.45, 7) is 3.92. The van der Waals surface area contributed by atoms with E-state index in [1.807, 2.05) is 32.0 Å². The van der Waals surface area contributed by atoms with Crippen LogP contribution >= 0.6 is 0 Å². The lowest BCUT2D eigenvalue weighted by Crippen LogP contribution is -2.21. The van der Waals surface area contributed by atoms with E-state index in [9.17, 15) is 4.79 Å². The van der Waals surface area contributed by atoms with Crippen LogP contribution in [0.5, 0.6) is 0 Å². The van der Waals surface area contributed by atoms with Gasteiger partial charge in [-0.2, -0.15) is 10.4 Å². The Kier molecular flexibility index (Phi) is 5.48. The Morgan fingerprint density at radius 2 is 2.00 bits per heavy atom. The van der Waals surface area contributed by atoms with Crippen LogP contribution < -0.4 is 16.5 Å². The van der Waals surface area contributed by atoms with Crippen LogP contribution in [0.15, 0.2) is 47.6 Å². The monoisotopic (exact) mass is 334 g/mol. The maximum Gasteiger partial charge on any atom is 0.255 e. The Hall–Kier alpha value is -3.66. The summed E-state index contributed by atoms with van der Waals surface area (Å²) in [5, 5.41) is 22.6. The number of rotatable bonds is 5. The quantitative estimate of drug-likeness (QED) is 0.381. The molecule has 126 valence electrons. The van der Waals surface area contributed by atoms with E-state index >= 15 is 0 Å². The van der Waals surface area contributed by atoms with Crippen molar-refractivity contribution < 1.29 is 4.79 Å². The van der Waals surface area contributed by atoms with Crippen molar-refractivity contribution in [1.29, 1.82) is 10.7 Å². The molecule has 0 heterocycles. The lowest BCUT2D eigenvalue weighted by molar-refractivity contribution is 0.102. The molecule has 0 atom stereocenters. The molecule has 0 aliphatic carbocycles. The summed E-state index contributed by atoms with van der Waals surface area (Å²) < 4.78 is 0. The number of hydrogen-bond acceptors (Lipinski definition) is 5. The molecule has 0 aromatic heterocycles. The van der Waals surface area contributed by atoms with Crippen LogP contribution in [-0.4, -0.2) is 17.5 Å². The third-order valence-corrected chi connectivity index (χ3v) is 3.41. The van der Waals surface area contributed by atoms with Gasteiger partial charge in [-0.05, 0) is 43.7 Å². The maximum atomic E-state index is 12.4. The second kappa shape index (κ2) is 7.75. The molecule has 0 saturated heterocycles. The average molecular weight is 334 g/mol. The Labute approximate surface area is 145 Å². The molecule has 0 aliphatic heterocycles. The Morgan fingerprint density at radius 1 is 1.24 bits per heavy atom. The number of nitrogens with zero attached hydrogens (tertiary/aromatic N) is 2. The van der Waals surface area contributed by atoms with Crippen molar-refractivity contribution in [3.63, 3.8) is 0 Å². The molecule has 2 aromatic carbocycles. The summed E-state index contributed by atoms with van der Waals surface area (Å²) in [7, 11) is 0. The summed E-state index contributed by atoms with van der Waals surface area (Å²) in [5.74, 6) is -0.689. The number of nitriles is 1. The molecular formula is C18H18N6O. The van der Waals surface area contributed by atoms with Gasteiger partial charge in [0.2, 0.25) is 5.71 Å². The number of anilines is 2. The number of hydrogen-bond donors (Lipinski definition) is 4. The van der Waals surface area contributed by atoms with Crippen LogP contribution in [0.3, 0.4) is 0 Å². The first-order chi connectivity index (χ1) is 11.9. The Bertz CT molecular complexity index is 895. The normalized spacial score (nSPS) is 10.7. The number of amidine groups is 1. The Balaban J connectivity index is 2.16. The molecule has 0 bridgehead atoms. The summed E-state index contributed by atoms with van der Waals surface area (Å²) in [6.07, 6.45) is 0. The van der Waals surface area contributed by atoms with Crippen molar-refractivity contribution in [2.75, 3.05) is 10.7 Å². The minimum atomic E-state index is -0.432. The highest BCUT2D eigenvalue weighted by Gasteiger charge is 2.09. The van der Waals surface area contributed by atoms with Crippen LogP contribution in [-0.2, 0) is 0 Å². The van der Waals surface area contributed by atoms with Gasteiger partial charge in [0.15, 0.2) is 5.84 Å². The zero-order valence-corrected chi connectivity index (χ0v) is 13.9. The molecule has 0 saturated carbocycles. The molecule has 0 radical (unpaired) electrons. The maximum absolute atomic E-state index is 12.4. The molecule has 0 unspecified atom stereocenters. The van der Waals surface area contributed by atoms with E-state index in [0.29, 0.717) is 11.3 Å². The van der Waals surface area contributed by atoms with E-state index in [-0.39, 0.29) is 11.6 Å². The number of amides is 1. The number of nitrogens with two attached hydrogens (primary N) is 1. The molecule has 0 spiro atoms. The van der Waals surface area contributed by atoms with E-state index in [0.717, 1.165) is 16.8 Å². The minimum absolute atomic E-state index is 0.231. The van der Waals surface area contributed by atoms with Crippen molar-refractivity contribution in [1.82, 2.24) is 0 Å². The van der Waals surface area contributed by atoms with Gasteiger partial charge in [0.05, 0.1) is 5.69 Å². The molecule has 7 heteroatoms. The lowest BCUT2D eigenvalue weighted by atomic mass is 10.1. The van der Waals surface area contributed by atoms with Gasteiger partial charge in [-0.15, -0.1) is 0 Å². The number of hydrazone groups is 1. The number of benzene rings is 2. The van der Waals surface area contributed by atoms with Crippen molar-refractivity contribution in [2.24, 2.45) is 10.8 Å². The summed E-state index contributed by atoms with van der Waals surface area (Å²) in [5.41, 5.74) is 11.4. The average Bonchev–Trinajstić information content (AvgIpc) is 2.58. The predicted molar refractivity (Wildman–Crippen MR) is 98.9 cm³/mol. The SMILES string of the molecule is Cc1ccc(NC(=O)c2cccc(N/N=C(\C#N)C(=N)N)c2)c(C)c1. The smallest absolute Gasteiger partial charge is 0.255 e. The van der Waals surface area contributed by atoms with E-state index in [1.54, 1.807) is 30.3 Å². The fourth-order valence-electron chi connectivity index (χ4n) is 2.14. The van der Waals surface area contributed by atoms with Gasteiger partial charge in [0.1, 0.15) is 6.07 Å². The van der Waals surface area contributed by atoms with Gasteiger partial charge in [-0.25, -0.2) is 0 Å². The lowest BCUT2D eigenvalue weighted by Gasteiger charge is -2.10. The second-order valence-corrected chi connectivity index (χ2v) is 5.45. The standard InChI is InChI=1S/C18H18N6O/c1-11-6-7-15(12(2)8-11)22-18(25)13-4-3-5-14(9-13)23-24-16(10-19)17(20)21/h3-9,23H,1-2H3,(H3,20,21)(H,22,25)/b24-16+. The largest absolute Gasteiger partial charge is 0.382 e. The molecular weight excluding hydrogens is 316 g/mol. The van der Waals surface area contributed by atoms with E-state index < -0.39 is 5.84 Å². The third kappa shape index (κ3) is 4.65. The molecule has 0 fully saturated rings. The van der Waals surface area contributed by atoms with Gasteiger partial charge in [0, 0.05) is 11.3 Å². The third-order valence-electron chi connectivity index (χ3n) is 3.41. The van der Waals surface area contributed by atoms with Crippen molar-refractivity contribution >= 4 is 28.8 Å². The van der Waals surface area contributed by atoms with Gasteiger partial charge in [0.25, 0.3) is 5.91 Å². The van der Waals surface area contributed by atoms with Crippen molar-refractivity contribution in [3.05, 3.63) is 59.2 Å². The van der Waals surface area contributed by atoms with Crippen molar-refractivity contribution in [2.45, 2.75) is 13.8 Å². The van der Waals surface area contributed by atoms with Crippen molar-refractivity contribution in [3.8, 4) is 6.07 Å². The molecule has 7 nitrogen and oxygen atoms in total. The summed E-state index contributed by atoms with van der Waals surface area (Å²) >= 11 is 0. The molecule has 0 aliphatic rings. The summed E-state index contributed by atoms with van der Waals surface area (Å²) in [4.78, 5) is 12.4. The first-order valence-corrected chi connectivity index (χ1v) is 7.47. The zero-order valence-electron chi connectivity index (χ0n) is 13.9. The minimum Gasteiger partial charge on any atom is -0.382 e. The number of carbonyl (C=O) groups excluding carboxylic acids is 1. The summed E-state index contributed by atoms with van der Waals surface area (Å²) in [6, 6.07) is 14.1. The number of carbonyl (C=O) groups is 1. The number of aryl methyl sites for hydroxylation is 2. The topological polar surface area (TPSA) is 127 Å². The van der Waals surface area contributed by atoms with Crippen LogP contribution in [0.4, 0.5) is 11.4 Å². The second-order valence-electron chi connectivity index (χ2n) is 5.45. The molecule has 2 aromatic rings. The van der Waals surface area contributed by atoms with E-state index in [1.165, 1.54) is 0 Å². The first-order valence-electron chi connectivity index (χ1n) is 7.47. The molecule has 5 N–H and O–H groups in total. The highest BCUT2D eigenvalue weighted by molar-refractivity contribution is 6.45. The van der Waals surface area contributed by atoms with Gasteiger partial charge in [-0.1, -0.05) is 23.8 Å². The number of nitrogens with one attached hydrogen (secondary N) is 3. The van der Waals surface area contributed by atoms with Gasteiger partial charge >= 0.3 is 0 Å². The fraction of sp³-hybridized carbons (Fsp3) is 0.111. The zero-order chi connectivity index (χ0) is 18.4. The van der Waals surface area contributed by atoms with Crippen LogP contribution in [0.25, 0.3) is 0 Å². The highest BCUT2D eigenvalue weighted by atomic mass is 16.1. The van der Waals surface area contributed by atoms with Gasteiger partial charge in [-0.3, -0.25) is 15.6 Å². The van der Waals surface area contributed by atoms with E-state index in [2.05, 4.69) is 15.8 Å². The first kappa shape index (κ1) is 17.7. The van der Waals surface area contributed by atoms with Crippen LogP contribution in [0.1, 0.15) is 21.5 Å². The van der Waals surface area contributed by atoms with Crippen LogP contribution in [0, 0.1) is 30.6 Å².